The van der Waals surface area contributed by atoms with Crippen LogP contribution in [0.4, 0.5) is 5.69 Å². The second-order valence-corrected chi connectivity index (χ2v) is 13.3. The van der Waals surface area contributed by atoms with Crippen molar-refractivity contribution in [3.05, 3.63) is 87.9 Å². The molecular formula is C30H35Cl2N3O5S. The molecular weight excluding hydrogens is 585 g/mol. The number of carbonyl (C=O) groups is 2. The average molecular weight is 621 g/mol. The van der Waals surface area contributed by atoms with Crippen LogP contribution in [0.15, 0.2) is 71.6 Å². The molecule has 1 unspecified atom stereocenters. The molecule has 0 fully saturated rings. The first-order valence-electron chi connectivity index (χ1n) is 12.9. The van der Waals surface area contributed by atoms with Gasteiger partial charge in [0.15, 0.2) is 0 Å². The number of aryl methyl sites for hydroxylation is 1. The van der Waals surface area contributed by atoms with E-state index in [1.54, 1.807) is 55.5 Å². The highest BCUT2D eigenvalue weighted by atomic mass is 35.5. The third kappa shape index (κ3) is 8.15. The zero-order valence-electron chi connectivity index (χ0n) is 23.9. The van der Waals surface area contributed by atoms with E-state index in [1.807, 2.05) is 27.7 Å². The zero-order chi connectivity index (χ0) is 30.5. The van der Waals surface area contributed by atoms with Crippen LogP contribution in [0, 0.1) is 6.92 Å². The molecule has 0 aliphatic rings. The fourth-order valence-electron chi connectivity index (χ4n) is 4.04. The number of hydrogen-bond acceptors (Lipinski definition) is 5. The van der Waals surface area contributed by atoms with Gasteiger partial charge in [-0.25, -0.2) is 8.42 Å². The number of nitrogens with zero attached hydrogens (tertiary/aromatic N) is 2. The minimum atomic E-state index is -4.21. The average Bonchev–Trinajstić information content (AvgIpc) is 2.90. The Kier molecular flexibility index (Phi) is 10.3. The summed E-state index contributed by atoms with van der Waals surface area (Å²) in [5.74, 6) is -0.629. The van der Waals surface area contributed by atoms with E-state index in [-0.39, 0.29) is 17.1 Å². The van der Waals surface area contributed by atoms with E-state index in [2.05, 4.69) is 5.32 Å². The molecule has 1 N–H and O–H groups in total. The summed E-state index contributed by atoms with van der Waals surface area (Å²) in [5.41, 5.74) is 0.980. The Balaban J connectivity index is 2.10. The number of nitrogens with one attached hydrogen (secondary N) is 1. The van der Waals surface area contributed by atoms with Crippen LogP contribution in [0.25, 0.3) is 0 Å². The Morgan fingerprint density at radius 2 is 1.56 bits per heavy atom. The largest absolute Gasteiger partial charge is 0.497 e. The number of amides is 2. The van der Waals surface area contributed by atoms with Crippen LogP contribution >= 0.6 is 23.2 Å². The molecule has 0 aliphatic carbocycles. The maximum Gasteiger partial charge on any atom is 0.264 e. The molecule has 3 rings (SSSR count). The first kappa shape index (κ1) is 32.2. The van der Waals surface area contributed by atoms with Gasteiger partial charge in [-0.1, -0.05) is 53.0 Å². The Morgan fingerprint density at radius 1 is 0.976 bits per heavy atom. The van der Waals surface area contributed by atoms with Crippen LogP contribution in [0.2, 0.25) is 10.0 Å². The van der Waals surface area contributed by atoms with E-state index in [4.69, 9.17) is 27.9 Å². The van der Waals surface area contributed by atoms with E-state index in [0.29, 0.717) is 21.4 Å². The number of hydrogen-bond donors (Lipinski definition) is 1. The lowest BCUT2D eigenvalue weighted by Crippen LogP contribution is -2.54. The van der Waals surface area contributed by atoms with Crippen molar-refractivity contribution in [2.45, 2.75) is 57.6 Å². The summed E-state index contributed by atoms with van der Waals surface area (Å²) in [6, 6.07) is 16.7. The minimum Gasteiger partial charge on any atom is -0.497 e. The van der Waals surface area contributed by atoms with E-state index in [9.17, 15) is 18.0 Å². The molecule has 0 saturated carbocycles. The van der Waals surface area contributed by atoms with Crippen molar-refractivity contribution >= 4 is 50.7 Å². The Labute approximate surface area is 252 Å². The normalized spacial score (nSPS) is 12.4. The molecule has 0 heterocycles. The van der Waals surface area contributed by atoms with E-state index < -0.39 is 40.0 Å². The van der Waals surface area contributed by atoms with Gasteiger partial charge in [0.05, 0.1) is 17.7 Å². The number of sulfonamides is 1. The van der Waals surface area contributed by atoms with Gasteiger partial charge in [0.1, 0.15) is 18.3 Å². The number of ether oxygens (including phenoxy) is 1. The lowest BCUT2D eigenvalue weighted by molar-refractivity contribution is -0.140. The van der Waals surface area contributed by atoms with Crippen molar-refractivity contribution in [1.29, 1.82) is 0 Å². The zero-order valence-corrected chi connectivity index (χ0v) is 26.3. The SMILES string of the molecule is COc1cccc(N(CC(=O)N(Cc2c(Cl)cccc2Cl)C(C)C(=O)NC(C)(C)C)S(=O)(=O)c2ccc(C)cc2)c1. The molecule has 0 bridgehead atoms. The highest BCUT2D eigenvalue weighted by Gasteiger charge is 2.34. The molecule has 0 aliphatic heterocycles. The molecule has 2 amide bonds. The predicted octanol–water partition coefficient (Wildman–Crippen LogP) is 5.84. The maximum atomic E-state index is 14.1. The molecule has 0 aromatic heterocycles. The molecule has 3 aromatic carbocycles. The fraction of sp³-hybridized carbons (Fsp3) is 0.333. The summed E-state index contributed by atoms with van der Waals surface area (Å²) in [4.78, 5) is 28.6. The van der Waals surface area contributed by atoms with Gasteiger partial charge in [0, 0.05) is 33.8 Å². The molecule has 3 aromatic rings. The maximum absolute atomic E-state index is 14.1. The van der Waals surface area contributed by atoms with Crippen LogP contribution in [0.1, 0.15) is 38.8 Å². The summed E-state index contributed by atoms with van der Waals surface area (Å²) in [7, 11) is -2.74. The third-order valence-electron chi connectivity index (χ3n) is 6.28. The van der Waals surface area contributed by atoms with Gasteiger partial charge in [-0.2, -0.15) is 0 Å². The molecule has 0 saturated heterocycles. The van der Waals surface area contributed by atoms with Gasteiger partial charge < -0.3 is 15.0 Å². The van der Waals surface area contributed by atoms with Crippen molar-refractivity contribution in [3.63, 3.8) is 0 Å². The molecule has 1 atom stereocenters. The Morgan fingerprint density at radius 3 is 2.12 bits per heavy atom. The van der Waals surface area contributed by atoms with Crippen LogP contribution < -0.4 is 14.4 Å². The smallest absolute Gasteiger partial charge is 0.264 e. The lowest BCUT2D eigenvalue weighted by atomic mass is 10.1. The van der Waals surface area contributed by atoms with Gasteiger partial charge in [-0.05, 0) is 71.0 Å². The van der Waals surface area contributed by atoms with Crippen molar-refractivity contribution < 1.29 is 22.7 Å². The second-order valence-electron chi connectivity index (χ2n) is 10.7. The molecule has 220 valence electrons. The van der Waals surface area contributed by atoms with Gasteiger partial charge >= 0.3 is 0 Å². The molecule has 41 heavy (non-hydrogen) atoms. The summed E-state index contributed by atoms with van der Waals surface area (Å²) >= 11 is 12.9. The second kappa shape index (κ2) is 13.1. The van der Waals surface area contributed by atoms with Gasteiger partial charge in [-0.3, -0.25) is 13.9 Å². The van der Waals surface area contributed by atoms with Crippen LogP contribution in [-0.4, -0.2) is 50.4 Å². The summed E-state index contributed by atoms with van der Waals surface area (Å²) in [5, 5.41) is 3.51. The van der Waals surface area contributed by atoms with Gasteiger partial charge in [-0.15, -0.1) is 0 Å². The number of rotatable bonds is 10. The fourth-order valence-corrected chi connectivity index (χ4v) is 5.97. The Hall–Kier alpha value is -3.27. The molecule has 11 heteroatoms. The standard InChI is InChI=1S/C30H35Cl2N3O5S/c1-20-13-15-24(16-14-20)41(38,39)35(22-9-7-10-23(17-22)40-6)19-28(36)34(21(2)29(37)33-30(3,4)5)18-25-26(31)11-8-12-27(25)32/h7-17,21H,18-19H2,1-6H3,(H,33,37). The highest BCUT2D eigenvalue weighted by Crippen LogP contribution is 2.30. The minimum absolute atomic E-state index is 0.0120. The van der Waals surface area contributed by atoms with Crippen LogP contribution in [0.5, 0.6) is 5.75 Å². The first-order chi connectivity index (χ1) is 19.1. The van der Waals surface area contributed by atoms with Crippen LogP contribution in [0.3, 0.4) is 0 Å². The summed E-state index contributed by atoms with van der Waals surface area (Å²) in [6.45, 7) is 8.19. The topological polar surface area (TPSA) is 96.0 Å². The van der Waals surface area contributed by atoms with Crippen molar-refractivity contribution in [1.82, 2.24) is 10.2 Å². The number of carbonyl (C=O) groups excluding carboxylic acids is 2. The van der Waals surface area contributed by atoms with Gasteiger partial charge in [0.25, 0.3) is 10.0 Å². The number of methoxy groups -OCH3 is 1. The van der Waals surface area contributed by atoms with E-state index >= 15 is 0 Å². The van der Waals surface area contributed by atoms with Crippen LogP contribution in [-0.2, 0) is 26.2 Å². The number of halogens is 2. The molecule has 8 nitrogen and oxygen atoms in total. The Bertz CT molecular complexity index is 1490. The quantitative estimate of drug-likeness (QED) is 0.308. The van der Waals surface area contributed by atoms with E-state index in [0.717, 1.165) is 9.87 Å². The highest BCUT2D eigenvalue weighted by molar-refractivity contribution is 7.92. The number of anilines is 1. The molecule has 0 spiro atoms. The summed E-state index contributed by atoms with van der Waals surface area (Å²) < 4.78 is 34.2. The monoisotopic (exact) mass is 619 g/mol. The van der Waals surface area contributed by atoms with Crippen molar-refractivity contribution in [2.24, 2.45) is 0 Å². The van der Waals surface area contributed by atoms with Crippen molar-refractivity contribution in [2.75, 3.05) is 18.0 Å². The van der Waals surface area contributed by atoms with E-state index in [1.165, 1.54) is 30.2 Å². The number of benzene rings is 3. The van der Waals surface area contributed by atoms with Gasteiger partial charge in [0.2, 0.25) is 11.8 Å². The molecule has 0 radical (unpaired) electrons. The first-order valence-corrected chi connectivity index (χ1v) is 15.1. The lowest BCUT2D eigenvalue weighted by Gasteiger charge is -2.34. The van der Waals surface area contributed by atoms with Crippen molar-refractivity contribution in [3.8, 4) is 5.75 Å². The third-order valence-corrected chi connectivity index (χ3v) is 8.78. The predicted molar refractivity (Wildman–Crippen MR) is 163 cm³/mol. The summed E-state index contributed by atoms with van der Waals surface area (Å²) in [6.07, 6.45) is 0.